The van der Waals surface area contributed by atoms with Gasteiger partial charge >= 0.3 is 0 Å². The van der Waals surface area contributed by atoms with Gasteiger partial charge in [-0.05, 0) is 5.41 Å². The summed E-state index contributed by atoms with van der Waals surface area (Å²) < 4.78 is 0. The van der Waals surface area contributed by atoms with Crippen molar-refractivity contribution in [1.29, 1.82) is 0 Å². The van der Waals surface area contributed by atoms with E-state index in [1.54, 1.807) is 0 Å². The summed E-state index contributed by atoms with van der Waals surface area (Å²) in [6.45, 7) is 5.70. The fourth-order valence-corrected chi connectivity index (χ4v) is 0.715. The molecular formula is C8H16O2. The lowest BCUT2D eigenvalue weighted by atomic mass is 9.88. The van der Waals surface area contributed by atoms with E-state index >= 15 is 0 Å². The summed E-state index contributed by atoms with van der Waals surface area (Å²) in [5.74, 6) is 0.221. The smallest absolute Gasteiger partial charge is 0.133 e. The molecule has 0 atom stereocenters. The van der Waals surface area contributed by atoms with Crippen LogP contribution in [0.25, 0.3) is 0 Å². The molecule has 0 aromatic rings. The Morgan fingerprint density at radius 3 is 2.30 bits per heavy atom. The van der Waals surface area contributed by atoms with Gasteiger partial charge in [-0.3, -0.25) is 4.79 Å². The molecule has 0 saturated carbocycles. The van der Waals surface area contributed by atoms with E-state index in [9.17, 15) is 4.79 Å². The molecule has 0 bridgehead atoms. The van der Waals surface area contributed by atoms with E-state index in [-0.39, 0.29) is 17.8 Å². The van der Waals surface area contributed by atoms with E-state index in [4.69, 9.17) is 5.11 Å². The van der Waals surface area contributed by atoms with Gasteiger partial charge in [0.1, 0.15) is 5.78 Å². The molecule has 0 spiro atoms. The van der Waals surface area contributed by atoms with Crippen LogP contribution in [-0.4, -0.2) is 17.5 Å². The lowest BCUT2D eigenvalue weighted by Gasteiger charge is -2.19. The Labute approximate surface area is 62.2 Å². The van der Waals surface area contributed by atoms with Gasteiger partial charge in [0.05, 0.1) is 0 Å². The molecule has 0 amide bonds. The molecule has 60 valence electrons. The average Bonchev–Trinajstić information content (AvgIpc) is 1.87. The van der Waals surface area contributed by atoms with Crippen LogP contribution in [0.2, 0.25) is 0 Å². The summed E-state index contributed by atoms with van der Waals surface area (Å²) >= 11 is 0. The fraction of sp³-hybridized carbons (Fsp3) is 0.875. The van der Waals surface area contributed by atoms with Crippen LogP contribution >= 0.6 is 0 Å². The summed E-state index contributed by atoms with van der Waals surface area (Å²) in [5, 5.41) is 8.79. The largest absolute Gasteiger partial charge is 0.396 e. The number of ketones is 1. The monoisotopic (exact) mass is 144 g/mol. The summed E-state index contributed by atoms with van der Waals surface area (Å²) in [7, 11) is 0. The molecule has 10 heavy (non-hydrogen) atoms. The van der Waals surface area contributed by atoms with Crippen LogP contribution in [0.4, 0.5) is 0 Å². The Balaban J connectivity index is 3.76. The first-order valence-corrected chi connectivity index (χ1v) is 3.64. The first kappa shape index (κ1) is 9.63. The fourth-order valence-electron chi connectivity index (χ4n) is 0.715. The lowest BCUT2D eigenvalue weighted by molar-refractivity contribution is -0.121. The zero-order chi connectivity index (χ0) is 8.20. The van der Waals surface area contributed by atoms with Crippen LogP contribution in [0.5, 0.6) is 0 Å². The Morgan fingerprint density at radius 2 is 2.00 bits per heavy atom. The Morgan fingerprint density at radius 1 is 1.50 bits per heavy atom. The van der Waals surface area contributed by atoms with Crippen LogP contribution in [0.1, 0.15) is 33.6 Å². The second-order valence-electron chi connectivity index (χ2n) is 3.39. The van der Waals surface area contributed by atoms with Gasteiger partial charge in [-0.2, -0.15) is 0 Å². The highest BCUT2D eigenvalue weighted by molar-refractivity contribution is 5.78. The first-order valence-electron chi connectivity index (χ1n) is 3.64. The van der Waals surface area contributed by atoms with Crippen LogP contribution in [0.15, 0.2) is 0 Å². The van der Waals surface area contributed by atoms with Crippen molar-refractivity contribution >= 4 is 5.78 Å². The van der Waals surface area contributed by atoms with Crippen molar-refractivity contribution < 1.29 is 9.90 Å². The molecule has 1 N–H and O–H groups in total. The zero-order valence-electron chi connectivity index (χ0n) is 6.98. The summed E-state index contributed by atoms with van der Waals surface area (Å²) in [6, 6.07) is 0. The number of aliphatic hydroxyl groups is 1. The number of carbonyl (C=O) groups excluding carboxylic acids is 1. The minimum atomic E-state index is -0.229. The lowest BCUT2D eigenvalue weighted by Crippen LogP contribution is -2.20. The molecule has 0 aliphatic rings. The van der Waals surface area contributed by atoms with Gasteiger partial charge in [0, 0.05) is 19.4 Å². The van der Waals surface area contributed by atoms with Crippen molar-refractivity contribution in [2.24, 2.45) is 5.41 Å². The first-order chi connectivity index (χ1) is 4.52. The number of aliphatic hydroxyl groups excluding tert-OH is 1. The van der Waals surface area contributed by atoms with Gasteiger partial charge in [-0.25, -0.2) is 0 Å². The van der Waals surface area contributed by atoms with Crippen LogP contribution < -0.4 is 0 Å². The second kappa shape index (κ2) is 3.71. The molecule has 0 aromatic heterocycles. The highest BCUT2D eigenvalue weighted by Gasteiger charge is 2.19. The highest BCUT2D eigenvalue weighted by Crippen LogP contribution is 2.19. The maximum Gasteiger partial charge on any atom is 0.133 e. The van der Waals surface area contributed by atoms with Crippen molar-refractivity contribution in [2.45, 2.75) is 33.6 Å². The van der Waals surface area contributed by atoms with Gasteiger partial charge in [0.2, 0.25) is 0 Å². The Hall–Kier alpha value is -0.370. The molecule has 0 aliphatic carbocycles. The van der Waals surface area contributed by atoms with Gasteiger partial charge in [0.15, 0.2) is 0 Å². The van der Waals surface area contributed by atoms with Gasteiger partial charge in [-0.15, -0.1) is 0 Å². The molecule has 0 saturated heterocycles. The minimum Gasteiger partial charge on any atom is -0.396 e. The molecule has 0 rings (SSSR count). The van der Waals surface area contributed by atoms with E-state index < -0.39 is 0 Å². The molecule has 0 aliphatic heterocycles. The molecule has 0 aromatic carbocycles. The van der Waals surface area contributed by atoms with E-state index in [1.165, 1.54) is 0 Å². The summed E-state index contributed by atoms with van der Waals surface area (Å²) in [4.78, 5) is 10.9. The third-order valence-corrected chi connectivity index (χ3v) is 1.50. The topological polar surface area (TPSA) is 37.3 Å². The third kappa shape index (κ3) is 3.62. The summed E-state index contributed by atoms with van der Waals surface area (Å²) in [6.07, 6.45) is 1.06. The van der Waals surface area contributed by atoms with Crippen LogP contribution in [-0.2, 0) is 4.79 Å². The van der Waals surface area contributed by atoms with Gasteiger partial charge in [0.25, 0.3) is 0 Å². The third-order valence-electron chi connectivity index (χ3n) is 1.50. The minimum absolute atomic E-state index is 0.0821. The number of carbonyl (C=O) groups is 1. The molecule has 2 nitrogen and oxygen atoms in total. The normalized spacial score (nSPS) is 11.6. The maximum atomic E-state index is 10.9. The number of hydrogen-bond acceptors (Lipinski definition) is 2. The predicted molar refractivity (Wildman–Crippen MR) is 40.8 cm³/mol. The van der Waals surface area contributed by atoms with Crippen molar-refractivity contribution in [3.8, 4) is 0 Å². The van der Waals surface area contributed by atoms with E-state index in [2.05, 4.69) is 0 Å². The average molecular weight is 144 g/mol. The predicted octanol–water partition coefficient (Wildman–Crippen LogP) is 1.37. The Kier molecular flexibility index (Phi) is 3.58. The zero-order valence-corrected chi connectivity index (χ0v) is 6.98. The van der Waals surface area contributed by atoms with Crippen molar-refractivity contribution in [1.82, 2.24) is 0 Å². The molecule has 2 heteroatoms. The van der Waals surface area contributed by atoms with Crippen molar-refractivity contribution in [2.75, 3.05) is 6.61 Å². The van der Waals surface area contributed by atoms with Gasteiger partial charge in [-0.1, -0.05) is 20.8 Å². The molecule has 0 unspecified atom stereocenters. The molecule has 0 radical (unpaired) electrons. The van der Waals surface area contributed by atoms with E-state index in [1.807, 2.05) is 20.8 Å². The van der Waals surface area contributed by atoms with Crippen LogP contribution in [0.3, 0.4) is 0 Å². The SMILES string of the molecule is CCC(=O)CC(C)(C)CO. The summed E-state index contributed by atoms with van der Waals surface area (Å²) in [5.41, 5.74) is -0.229. The Bertz CT molecular complexity index is 116. The van der Waals surface area contributed by atoms with Crippen molar-refractivity contribution in [3.05, 3.63) is 0 Å². The molecular weight excluding hydrogens is 128 g/mol. The van der Waals surface area contributed by atoms with Gasteiger partial charge < -0.3 is 5.11 Å². The second-order valence-corrected chi connectivity index (χ2v) is 3.39. The molecule has 0 fully saturated rings. The number of rotatable bonds is 4. The quantitative estimate of drug-likeness (QED) is 0.647. The molecule has 0 heterocycles. The van der Waals surface area contributed by atoms with E-state index in [0.717, 1.165) is 0 Å². The van der Waals surface area contributed by atoms with E-state index in [0.29, 0.717) is 12.8 Å². The van der Waals surface area contributed by atoms with Crippen LogP contribution in [0, 0.1) is 5.41 Å². The maximum absolute atomic E-state index is 10.9. The number of hydrogen-bond donors (Lipinski definition) is 1. The number of Topliss-reactive ketones (excluding diaryl/α,β-unsaturated/α-hetero) is 1. The standard InChI is InChI=1S/C8H16O2/c1-4-7(10)5-8(2,3)6-9/h9H,4-6H2,1-3H3. The van der Waals surface area contributed by atoms with Crippen molar-refractivity contribution in [3.63, 3.8) is 0 Å². The highest BCUT2D eigenvalue weighted by atomic mass is 16.3.